The Hall–Kier alpha value is -1.82. The Morgan fingerprint density at radius 3 is 2.55 bits per heavy atom. The fourth-order valence-corrected chi connectivity index (χ4v) is 1.70. The lowest BCUT2D eigenvalue weighted by atomic mass is 10.0. The average Bonchev–Trinajstić information content (AvgIpc) is 2.46. The molecular weight excluding hydrogens is 265 g/mol. The molecule has 0 aliphatic rings. The number of methoxy groups -OCH3 is 1. The van der Waals surface area contributed by atoms with Crippen molar-refractivity contribution in [1.82, 2.24) is 0 Å². The summed E-state index contributed by atoms with van der Waals surface area (Å²) in [6.45, 7) is 4.04. The molecule has 0 bridgehead atoms. The molecule has 0 spiro atoms. The number of halogens is 1. The molecule has 1 aromatic carbocycles. The molecule has 0 saturated heterocycles. The highest BCUT2D eigenvalue weighted by Crippen LogP contribution is 2.31. The maximum Gasteiger partial charge on any atom is 0.342 e. The van der Waals surface area contributed by atoms with E-state index in [2.05, 4.69) is 4.74 Å². The van der Waals surface area contributed by atoms with Crippen molar-refractivity contribution < 1.29 is 23.4 Å². The standard InChI is InChI=1S/C14H20FNO4/c1-4-19-10-7-6-9(8-11(10)18-3)13(16)12(15)14(17)20-5-2/h6-8,12-13H,4-5,16H2,1-3H3/t12?,13-/m0/s1. The van der Waals surface area contributed by atoms with Crippen LogP contribution < -0.4 is 15.2 Å². The summed E-state index contributed by atoms with van der Waals surface area (Å²) in [5.74, 6) is 0.0150. The molecule has 1 aromatic rings. The Balaban J connectivity index is 2.93. The molecular formula is C14H20FNO4. The minimum Gasteiger partial charge on any atom is -0.493 e. The number of benzene rings is 1. The number of rotatable bonds is 7. The third-order valence-corrected chi connectivity index (χ3v) is 2.70. The van der Waals surface area contributed by atoms with Crippen molar-refractivity contribution in [3.05, 3.63) is 23.8 Å². The second-order valence-corrected chi connectivity index (χ2v) is 4.02. The van der Waals surface area contributed by atoms with Gasteiger partial charge in [-0.05, 0) is 31.5 Å². The number of carbonyl (C=O) groups is 1. The van der Waals surface area contributed by atoms with E-state index in [0.29, 0.717) is 23.7 Å². The summed E-state index contributed by atoms with van der Waals surface area (Å²) >= 11 is 0. The minimum absolute atomic E-state index is 0.110. The van der Waals surface area contributed by atoms with Gasteiger partial charge in [0.1, 0.15) is 0 Å². The lowest BCUT2D eigenvalue weighted by molar-refractivity contribution is -0.149. The maximum atomic E-state index is 13.9. The number of alkyl halides is 1. The Morgan fingerprint density at radius 2 is 2.00 bits per heavy atom. The first-order valence-electron chi connectivity index (χ1n) is 6.42. The summed E-state index contributed by atoms with van der Waals surface area (Å²) < 4.78 is 29.0. The van der Waals surface area contributed by atoms with Gasteiger partial charge < -0.3 is 19.9 Å². The van der Waals surface area contributed by atoms with Crippen molar-refractivity contribution in [1.29, 1.82) is 0 Å². The van der Waals surface area contributed by atoms with Gasteiger partial charge in [0, 0.05) is 0 Å². The number of ether oxygens (including phenoxy) is 3. The highest BCUT2D eigenvalue weighted by atomic mass is 19.1. The molecule has 6 heteroatoms. The van der Waals surface area contributed by atoms with Crippen LogP contribution in [0.4, 0.5) is 4.39 Å². The van der Waals surface area contributed by atoms with E-state index in [1.54, 1.807) is 25.1 Å². The predicted molar refractivity (Wildman–Crippen MR) is 72.6 cm³/mol. The third kappa shape index (κ3) is 3.84. The van der Waals surface area contributed by atoms with Crippen molar-refractivity contribution in [2.24, 2.45) is 5.73 Å². The van der Waals surface area contributed by atoms with Gasteiger partial charge in [-0.15, -0.1) is 0 Å². The molecule has 5 nitrogen and oxygen atoms in total. The zero-order valence-corrected chi connectivity index (χ0v) is 11.9. The number of nitrogens with two attached hydrogens (primary N) is 1. The molecule has 0 aliphatic heterocycles. The second kappa shape index (κ2) is 7.69. The normalized spacial score (nSPS) is 13.4. The Morgan fingerprint density at radius 1 is 1.30 bits per heavy atom. The highest BCUT2D eigenvalue weighted by Gasteiger charge is 2.28. The van der Waals surface area contributed by atoms with Gasteiger partial charge in [0.25, 0.3) is 0 Å². The number of esters is 1. The van der Waals surface area contributed by atoms with Gasteiger partial charge in [-0.2, -0.15) is 0 Å². The Bertz CT molecular complexity index is 453. The van der Waals surface area contributed by atoms with Crippen LogP contribution in [0.5, 0.6) is 11.5 Å². The largest absolute Gasteiger partial charge is 0.493 e. The number of hydrogen-bond acceptors (Lipinski definition) is 5. The van der Waals surface area contributed by atoms with Gasteiger partial charge in [-0.3, -0.25) is 0 Å². The first-order chi connectivity index (χ1) is 9.54. The predicted octanol–water partition coefficient (Wildman–Crippen LogP) is 1.99. The van der Waals surface area contributed by atoms with Gasteiger partial charge in [-0.25, -0.2) is 9.18 Å². The lowest BCUT2D eigenvalue weighted by Gasteiger charge is -2.17. The fraction of sp³-hybridized carbons (Fsp3) is 0.500. The molecule has 2 N–H and O–H groups in total. The number of hydrogen-bond donors (Lipinski definition) is 1. The van der Waals surface area contributed by atoms with E-state index in [-0.39, 0.29) is 6.61 Å². The molecule has 1 unspecified atom stereocenters. The molecule has 20 heavy (non-hydrogen) atoms. The fourth-order valence-electron chi connectivity index (χ4n) is 1.70. The van der Waals surface area contributed by atoms with Crippen LogP contribution in [-0.2, 0) is 9.53 Å². The smallest absolute Gasteiger partial charge is 0.342 e. The third-order valence-electron chi connectivity index (χ3n) is 2.70. The summed E-state index contributed by atoms with van der Waals surface area (Å²) in [5.41, 5.74) is 6.18. The van der Waals surface area contributed by atoms with Gasteiger partial charge in [0.05, 0.1) is 26.4 Å². The molecule has 0 saturated carbocycles. The topological polar surface area (TPSA) is 70.8 Å². The van der Waals surface area contributed by atoms with Gasteiger partial charge in [0.15, 0.2) is 11.5 Å². The maximum absolute atomic E-state index is 13.9. The summed E-state index contributed by atoms with van der Waals surface area (Å²) in [5, 5.41) is 0. The van der Waals surface area contributed by atoms with E-state index in [1.165, 1.54) is 7.11 Å². The van der Waals surface area contributed by atoms with E-state index in [1.807, 2.05) is 6.92 Å². The van der Waals surface area contributed by atoms with Crippen molar-refractivity contribution in [2.75, 3.05) is 20.3 Å². The monoisotopic (exact) mass is 285 g/mol. The zero-order chi connectivity index (χ0) is 15.1. The summed E-state index contributed by atoms with van der Waals surface area (Å²) in [6.07, 6.45) is -1.92. The van der Waals surface area contributed by atoms with Crippen molar-refractivity contribution in [2.45, 2.75) is 26.1 Å². The Labute approximate surface area is 117 Å². The molecule has 0 fully saturated rings. The molecule has 2 atom stereocenters. The van der Waals surface area contributed by atoms with Crippen LogP contribution in [0.1, 0.15) is 25.5 Å². The summed E-state index contributed by atoms with van der Waals surface area (Å²) in [6, 6.07) is 3.68. The SMILES string of the molecule is CCOC(=O)C(F)[C@@H](N)c1ccc(OCC)c(OC)c1. The van der Waals surface area contributed by atoms with Crippen LogP contribution in [-0.4, -0.2) is 32.5 Å². The zero-order valence-electron chi connectivity index (χ0n) is 11.9. The molecule has 0 aliphatic carbocycles. The van der Waals surface area contributed by atoms with Crippen LogP contribution in [0.25, 0.3) is 0 Å². The van der Waals surface area contributed by atoms with E-state index in [0.717, 1.165) is 0 Å². The van der Waals surface area contributed by atoms with Crippen molar-refractivity contribution >= 4 is 5.97 Å². The quantitative estimate of drug-likeness (QED) is 0.776. The highest BCUT2D eigenvalue weighted by molar-refractivity contribution is 5.75. The van der Waals surface area contributed by atoms with Gasteiger partial charge >= 0.3 is 5.97 Å². The lowest BCUT2D eigenvalue weighted by Crippen LogP contribution is -2.31. The van der Waals surface area contributed by atoms with Gasteiger partial charge in [-0.1, -0.05) is 6.07 Å². The van der Waals surface area contributed by atoms with E-state index in [4.69, 9.17) is 15.2 Å². The Kier molecular flexibility index (Phi) is 6.24. The van der Waals surface area contributed by atoms with Crippen LogP contribution in [0.2, 0.25) is 0 Å². The molecule has 1 rings (SSSR count). The van der Waals surface area contributed by atoms with Crippen molar-refractivity contribution in [3.63, 3.8) is 0 Å². The molecule has 0 amide bonds. The van der Waals surface area contributed by atoms with Crippen molar-refractivity contribution in [3.8, 4) is 11.5 Å². The average molecular weight is 285 g/mol. The van der Waals surface area contributed by atoms with Crippen LogP contribution in [0.15, 0.2) is 18.2 Å². The first-order valence-corrected chi connectivity index (χ1v) is 6.42. The summed E-state index contributed by atoms with van der Waals surface area (Å²) in [4.78, 5) is 11.3. The van der Waals surface area contributed by atoms with Crippen LogP contribution >= 0.6 is 0 Å². The molecule has 0 aromatic heterocycles. The van der Waals surface area contributed by atoms with Gasteiger partial charge in [0.2, 0.25) is 6.17 Å². The van der Waals surface area contributed by atoms with E-state index in [9.17, 15) is 9.18 Å². The molecule has 0 radical (unpaired) electrons. The second-order valence-electron chi connectivity index (χ2n) is 4.02. The minimum atomic E-state index is -1.92. The van der Waals surface area contributed by atoms with E-state index < -0.39 is 18.2 Å². The molecule has 0 heterocycles. The molecule has 112 valence electrons. The van der Waals surface area contributed by atoms with Crippen LogP contribution in [0, 0.1) is 0 Å². The number of carbonyl (C=O) groups excluding carboxylic acids is 1. The van der Waals surface area contributed by atoms with E-state index >= 15 is 0 Å². The first kappa shape index (κ1) is 16.2. The van der Waals surface area contributed by atoms with Crippen LogP contribution in [0.3, 0.4) is 0 Å². The summed E-state index contributed by atoms with van der Waals surface area (Å²) in [7, 11) is 1.48.